The zero-order valence-corrected chi connectivity index (χ0v) is 12.7. The smallest absolute Gasteiger partial charge is 0.153 e. The second-order valence-corrected chi connectivity index (χ2v) is 5.41. The van der Waals surface area contributed by atoms with E-state index in [0.29, 0.717) is 18.2 Å². The van der Waals surface area contributed by atoms with E-state index in [2.05, 4.69) is 20.8 Å². The lowest BCUT2D eigenvalue weighted by atomic mass is 10.1. The van der Waals surface area contributed by atoms with Crippen LogP contribution >= 0.6 is 11.3 Å². The molecule has 21 heavy (non-hydrogen) atoms. The second kappa shape index (κ2) is 5.67. The minimum Gasteiger partial charge on any atom is -0.494 e. The van der Waals surface area contributed by atoms with E-state index in [0.717, 1.165) is 27.1 Å². The van der Waals surface area contributed by atoms with E-state index in [1.165, 1.54) is 0 Å². The number of hydrogen-bond donors (Lipinski definition) is 2. The van der Waals surface area contributed by atoms with Crippen LogP contribution in [0.2, 0.25) is 0 Å². The Morgan fingerprint density at radius 1 is 1.24 bits per heavy atom. The average molecular weight is 300 g/mol. The lowest BCUT2D eigenvalue weighted by Crippen LogP contribution is -2.10. The SMILES string of the molecule is CCOc1ccc(-c2csc3nc(C)nc(NN)c23)cc1. The molecule has 108 valence electrons. The number of anilines is 1. The molecule has 3 N–H and O–H groups in total. The molecule has 0 aliphatic heterocycles. The number of aromatic nitrogens is 2. The molecular formula is C15H16N4OS. The molecule has 3 rings (SSSR count). The summed E-state index contributed by atoms with van der Waals surface area (Å²) in [5.41, 5.74) is 4.84. The van der Waals surface area contributed by atoms with Crippen molar-refractivity contribution in [3.05, 3.63) is 35.5 Å². The van der Waals surface area contributed by atoms with Gasteiger partial charge in [0.1, 0.15) is 16.4 Å². The van der Waals surface area contributed by atoms with Crippen LogP contribution in [-0.4, -0.2) is 16.6 Å². The number of hydrazine groups is 1. The monoisotopic (exact) mass is 300 g/mol. The quantitative estimate of drug-likeness (QED) is 0.571. The Morgan fingerprint density at radius 3 is 2.67 bits per heavy atom. The van der Waals surface area contributed by atoms with E-state index in [9.17, 15) is 0 Å². The van der Waals surface area contributed by atoms with E-state index in [1.54, 1.807) is 11.3 Å². The van der Waals surface area contributed by atoms with Crippen LogP contribution in [0.15, 0.2) is 29.6 Å². The van der Waals surface area contributed by atoms with Crippen LogP contribution in [0.5, 0.6) is 5.75 Å². The standard InChI is InChI=1S/C15H16N4OS/c1-3-20-11-6-4-10(5-7-11)12-8-21-15-13(12)14(19-16)17-9(2)18-15/h4-8H,3,16H2,1-2H3,(H,17,18,19). The van der Waals surface area contributed by atoms with E-state index in [-0.39, 0.29) is 0 Å². The van der Waals surface area contributed by atoms with Crippen molar-refractivity contribution in [1.29, 1.82) is 0 Å². The largest absolute Gasteiger partial charge is 0.494 e. The summed E-state index contributed by atoms with van der Waals surface area (Å²) in [6.45, 7) is 4.49. The maximum Gasteiger partial charge on any atom is 0.153 e. The third-order valence-corrected chi connectivity index (χ3v) is 4.03. The number of aryl methyl sites for hydroxylation is 1. The molecule has 2 aromatic heterocycles. The van der Waals surface area contributed by atoms with Crippen molar-refractivity contribution in [3.63, 3.8) is 0 Å². The Labute approximate surface area is 126 Å². The van der Waals surface area contributed by atoms with Crippen LogP contribution in [0, 0.1) is 6.92 Å². The lowest BCUT2D eigenvalue weighted by molar-refractivity contribution is 0.340. The maximum atomic E-state index is 5.60. The van der Waals surface area contributed by atoms with Crippen LogP contribution in [0.4, 0.5) is 5.82 Å². The Bertz CT molecular complexity index is 767. The predicted molar refractivity (Wildman–Crippen MR) is 86.6 cm³/mol. The van der Waals surface area contributed by atoms with Crippen molar-refractivity contribution in [1.82, 2.24) is 9.97 Å². The Hall–Kier alpha value is -2.18. The molecule has 2 heterocycles. The fourth-order valence-electron chi connectivity index (χ4n) is 2.26. The number of fused-ring (bicyclic) bond motifs is 1. The molecule has 0 atom stereocenters. The minimum absolute atomic E-state index is 0.655. The number of ether oxygens (including phenoxy) is 1. The number of nitrogen functional groups attached to an aromatic ring is 1. The molecule has 3 aromatic rings. The van der Waals surface area contributed by atoms with Crippen molar-refractivity contribution in [2.24, 2.45) is 5.84 Å². The van der Waals surface area contributed by atoms with Gasteiger partial charge in [-0.05, 0) is 31.5 Å². The molecule has 0 spiro atoms. The van der Waals surface area contributed by atoms with Gasteiger partial charge < -0.3 is 10.2 Å². The van der Waals surface area contributed by atoms with Gasteiger partial charge in [-0.3, -0.25) is 0 Å². The molecule has 0 aliphatic rings. The molecule has 0 unspecified atom stereocenters. The molecule has 1 aromatic carbocycles. The predicted octanol–water partition coefficient (Wildman–Crippen LogP) is 3.35. The normalized spacial score (nSPS) is 10.8. The second-order valence-electron chi connectivity index (χ2n) is 4.55. The van der Waals surface area contributed by atoms with Crippen LogP contribution in [0.25, 0.3) is 21.3 Å². The molecular weight excluding hydrogens is 284 g/mol. The lowest BCUT2D eigenvalue weighted by Gasteiger charge is -2.07. The molecule has 0 fully saturated rings. The number of hydrogen-bond acceptors (Lipinski definition) is 6. The van der Waals surface area contributed by atoms with Gasteiger partial charge in [0, 0.05) is 10.9 Å². The van der Waals surface area contributed by atoms with Crippen molar-refractivity contribution in [2.45, 2.75) is 13.8 Å². The van der Waals surface area contributed by atoms with Crippen molar-refractivity contribution in [3.8, 4) is 16.9 Å². The summed E-state index contributed by atoms with van der Waals surface area (Å²) in [7, 11) is 0. The van der Waals surface area contributed by atoms with Gasteiger partial charge >= 0.3 is 0 Å². The van der Waals surface area contributed by atoms with E-state index >= 15 is 0 Å². The number of benzene rings is 1. The van der Waals surface area contributed by atoms with Gasteiger partial charge in [-0.2, -0.15) is 0 Å². The van der Waals surface area contributed by atoms with Crippen molar-refractivity contribution >= 4 is 27.4 Å². The average Bonchev–Trinajstić information content (AvgIpc) is 2.91. The van der Waals surface area contributed by atoms with Gasteiger partial charge in [0.2, 0.25) is 0 Å². The molecule has 0 radical (unpaired) electrons. The first-order chi connectivity index (χ1) is 10.2. The summed E-state index contributed by atoms with van der Waals surface area (Å²) in [4.78, 5) is 9.75. The molecule has 5 nitrogen and oxygen atoms in total. The molecule has 0 aliphatic carbocycles. The zero-order chi connectivity index (χ0) is 14.8. The highest BCUT2D eigenvalue weighted by Gasteiger charge is 2.13. The van der Waals surface area contributed by atoms with Crippen LogP contribution in [-0.2, 0) is 0 Å². The van der Waals surface area contributed by atoms with Gasteiger partial charge in [-0.1, -0.05) is 12.1 Å². The maximum absolute atomic E-state index is 5.60. The van der Waals surface area contributed by atoms with E-state index in [1.807, 2.05) is 38.1 Å². The highest BCUT2D eigenvalue weighted by Crippen LogP contribution is 2.37. The van der Waals surface area contributed by atoms with Crippen molar-refractivity contribution < 1.29 is 4.74 Å². The van der Waals surface area contributed by atoms with Crippen LogP contribution < -0.4 is 16.0 Å². The van der Waals surface area contributed by atoms with Gasteiger partial charge in [-0.25, -0.2) is 15.8 Å². The zero-order valence-electron chi connectivity index (χ0n) is 11.9. The van der Waals surface area contributed by atoms with E-state index in [4.69, 9.17) is 10.6 Å². The Kier molecular flexibility index (Phi) is 3.72. The van der Waals surface area contributed by atoms with Gasteiger partial charge in [0.25, 0.3) is 0 Å². The summed E-state index contributed by atoms with van der Waals surface area (Å²) < 4.78 is 5.47. The fraction of sp³-hybridized carbons (Fsp3) is 0.200. The molecule has 0 saturated heterocycles. The fourth-order valence-corrected chi connectivity index (χ4v) is 3.26. The first kappa shape index (κ1) is 13.8. The molecule has 0 amide bonds. The summed E-state index contributed by atoms with van der Waals surface area (Å²) >= 11 is 1.59. The number of nitrogens with two attached hydrogens (primary N) is 1. The molecule has 0 saturated carbocycles. The van der Waals surface area contributed by atoms with Gasteiger partial charge in [-0.15, -0.1) is 11.3 Å². The summed E-state index contributed by atoms with van der Waals surface area (Å²) in [5, 5.41) is 3.03. The topological polar surface area (TPSA) is 73.1 Å². The van der Waals surface area contributed by atoms with E-state index < -0.39 is 0 Å². The number of thiophene rings is 1. The minimum atomic E-state index is 0.655. The highest BCUT2D eigenvalue weighted by atomic mass is 32.1. The summed E-state index contributed by atoms with van der Waals surface area (Å²) in [6, 6.07) is 8.00. The Morgan fingerprint density at radius 2 is 2.00 bits per heavy atom. The highest BCUT2D eigenvalue weighted by molar-refractivity contribution is 7.17. The Balaban J connectivity index is 2.12. The third kappa shape index (κ3) is 2.55. The number of rotatable bonds is 4. The van der Waals surface area contributed by atoms with Gasteiger partial charge in [0.15, 0.2) is 5.82 Å². The molecule has 6 heteroatoms. The summed E-state index contributed by atoms with van der Waals surface area (Å²) in [6.07, 6.45) is 0. The van der Waals surface area contributed by atoms with Crippen LogP contribution in [0.1, 0.15) is 12.7 Å². The van der Waals surface area contributed by atoms with Gasteiger partial charge in [0.05, 0.1) is 12.0 Å². The first-order valence-electron chi connectivity index (χ1n) is 6.68. The summed E-state index contributed by atoms with van der Waals surface area (Å²) in [5.74, 6) is 7.82. The number of nitrogens with zero attached hydrogens (tertiary/aromatic N) is 2. The molecule has 0 bridgehead atoms. The first-order valence-corrected chi connectivity index (χ1v) is 7.56. The van der Waals surface area contributed by atoms with Crippen molar-refractivity contribution in [2.75, 3.05) is 12.0 Å². The number of nitrogens with one attached hydrogen (secondary N) is 1. The van der Waals surface area contributed by atoms with Crippen LogP contribution in [0.3, 0.4) is 0 Å². The third-order valence-electron chi connectivity index (χ3n) is 3.16.